The molecule has 1 rings (SSSR count). The summed E-state index contributed by atoms with van der Waals surface area (Å²) in [4.78, 5) is 22.0. The van der Waals surface area contributed by atoms with Gasteiger partial charge in [-0.2, -0.15) is 0 Å². The highest BCUT2D eigenvalue weighted by molar-refractivity contribution is 5.75. The van der Waals surface area contributed by atoms with Crippen molar-refractivity contribution in [2.45, 2.75) is 25.8 Å². The Morgan fingerprint density at radius 3 is 2.72 bits per heavy atom. The van der Waals surface area contributed by atoms with Gasteiger partial charge in [0.1, 0.15) is 5.75 Å². The lowest BCUT2D eigenvalue weighted by Gasteiger charge is -2.10. The number of benzene rings is 1. The molecule has 98 valence electrons. The number of esters is 1. The first-order valence-corrected chi connectivity index (χ1v) is 5.84. The van der Waals surface area contributed by atoms with Gasteiger partial charge in [-0.05, 0) is 31.4 Å². The van der Waals surface area contributed by atoms with Crippen molar-refractivity contribution in [1.82, 2.24) is 0 Å². The van der Waals surface area contributed by atoms with Gasteiger partial charge in [0.05, 0.1) is 13.7 Å². The molecule has 0 aliphatic rings. The van der Waals surface area contributed by atoms with Crippen LogP contribution in [0.15, 0.2) is 29.4 Å². The molecule has 1 atom stereocenters. The van der Waals surface area contributed by atoms with Crippen molar-refractivity contribution >= 4 is 5.97 Å². The van der Waals surface area contributed by atoms with Gasteiger partial charge >= 0.3 is 5.97 Å². The number of nitroso groups, excluding NO2 is 1. The van der Waals surface area contributed by atoms with Crippen LogP contribution in [0, 0.1) is 4.91 Å². The van der Waals surface area contributed by atoms with Crippen LogP contribution in [0.5, 0.6) is 5.75 Å². The van der Waals surface area contributed by atoms with E-state index in [0.717, 1.165) is 11.3 Å². The van der Waals surface area contributed by atoms with E-state index < -0.39 is 12.0 Å². The second-order valence-electron chi connectivity index (χ2n) is 3.72. The maximum Gasteiger partial charge on any atom is 0.334 e. The largest absolute Gasteiger partial charge is 0.496 e. The molecule has 5 heteroatoms. The van der Waals surface area contributed by atoms with E-state index in [2.05, 4.69) is 5.18 Å². The number of aryl methyl sites for hydroxylation is 1. The first-order valence-electron chi connectivity index (χ1n) is 5.84. The van der Waals surface area contributed by atoms with Crippen molar-refractivity contribution in [3.8, 4) is 5.75 Å². The molecule has 18 heavy (non-hydrogen) atoms. The molecule has 0 amide bonds. The van der Waals surface area contributed by atoms with Gasteiger partial charge in [0.2, 0.25) is 0 Å². The van der Waals surface area contributed by atoms with Gasteiger partial charge in [-0.25, -0.2) is 4.79 Å². The minimum Gasteiger partial charge on any atom is -0.496 e. The maximum atomic E-state index is 11.4. The Balaban J connectivity index is 2.62. The van der Waals surface area contributed by atoms with Crippen LogP contribution in [0.1, 0.15) is 18.9 Å². The molecule has 0 aliphatic carbocycles. The maximum absolute atomic E-state index is 11.4. The molecule has 1 aromatic carbocycles. The number of rotatable bonds is 7. The van der Waals surface area contributed by atoms with E-state index >= 15 is 0 Å². The molecule has 0 spiro atoms. The standard InChI is InChI=1S/C13H17NO4/c1-3-18-13(15)11(14-16)9-8-10-6-4-5-7-12(10)17-2/h4-7,11H,3,8-9H2,1-2H3. The summed E-state index contributed by atoms with van der Waals surface area (Å²) in [6, 6.07) is 6.53. The number of carbonyl (C=O) groups excluding carboxylic acids is 1. The molecular formula is C13H17NO4. The summed E-state index contributed by atoms with van der Waals surface area (Å²) in [7, 11) is 1.58. The summed E-state index contributed by atoms with van der Waals surface area (Å²) in [5, 5.41) is 2.81. The van der Waals surface area contributed by atoms with Crippen LogP contribution in [-0.4, -0.2) is 25.7 Å². The minimum absolute atomic E-state index is 0.250. The summed E-state index contributed by atoms with van der Waals surface area (Å²) in [6.07, 6.45) is 0.863. The van der Waals surface area contributed by atoms with Gasteiger partial charge in [-0.3, -0.25) is 0 Å². The van der Waals surface area contributed by atoms with E-state index in [1.54, 1.807) is 14.0 Å². The van der Waals surface area contributed by atoms with E-state index in [4.69, 9.17) is 9.47 Å². The predicted molar refractivity (Wildman–Crippen MR) is 67.5 cm³/mol. The van der Waals surface area contributed by atoms with Crippen molar-refractivity contribution in [2.75, 3.05) is 13.7 Å². The van der Waals surface area contributed by atoms with Crippen LogP contribution < -0.4 is 4.74 Å². The van der Waals surface area contributed by atoms with Gasteiger partial charge in [0.25, 0.3) is 0 Å². The van der Waals surface area contributed by atoms with Crippen LogP contribution in [0.2, 0.25) is 0 Å². The molecule has 0 heterocycles. The van der Waals surface area contributed by atoms with Crippen molar-refractivity contribution in [3.63, 3.8) is 0 Å². The fraction of sp³-hybridized carbons (Fsp3) is 0.462. The normalized spacial score (nSPS) is 11.7. The van der Waals surface area contributed by atoms with Crippen molar-refractivity contribution < 1.29 is 14.3 Å². The van der Waals surface area contributed by atoms with Gasteiger partial charge in [0, 0.05) is 0 Å². The Morgan fingerprint density at radius 2 is 2.11 bits per heavy atom. The second-order valence-corrected chi connectivity index (χ2v) is 3.72. The van der Waals surface area contributed by atoms with Crippen molar-refractivity contribution in [3.05, 3.63) is 34.7 Å². The Kier molecular flexibility index (Phi) is 5.84. The van der Waals surface area contributed by atoms with Crippen LogP contribution in [0.25, 0.3) is 0 Å². The molecule has 0 N–H and O–H groups in total. The average Bonchev–Trinajstić information content (AvgIpc) is 2.40. The molecule has 5 nitrogen and oxygen atoms in total. The summed E-state index contributed by atoms with van der Waals surface area (Å²) < 4.78 is 9.97. The highest BCUT2D eigenvalue weighted by atomic mass is 16.5. The van der Waals surface area contributed by atoms with Gasteiger partial charge in [-0.15, -0.1) is 4.91 Å². The fourth-order valence-corrected chi connectivity index (χ4v) is 1.65. The van der Waals surface area contributed by atoms with Crippen molar-refractivity contribution in [1.29, 1.82) is 0 Å². The van der Waals surface area contributed by atoms with E-state index in [0.29, 0.717) is 12.8 Å². The summed E-state index contributed by atoms with van der Waals surface area (Å²) in [5.74, 6) is 0.174. The SMILES string of the molecule is CCOC(=O)C(CCc1ccccc1OC)N=O. The molecular weight excluding hydrogens is 234 g/mol. The number of para-hydroxylation sites is 1. The van der Waals surface area contributed by atoms with Crippen molar-refractivity contribution in [2.24, 2.45) is 5.18 Å². The molecule has 0 saturated heterocycles. The third kappa shape index (κ3) is 3.84. The highest BCUT2D eigenvalue weighted by Gasteiger charge is 2.20. The first kappa shape index (κ1) is 14.2. The summed E-state index contributed by atoms with van der Waals surface area (Å²) in [5.41, 5.74) is 0.943. The molecule has 0 aromatic heterocycles. The Hall–Kier alpha value is -1.91. The Bertz CT molecular complexity index is 406. The third-order valence-corrected chi connectivity index (χ3v) is 2.57. The second kappa shape index (κ2) is 7.42. The molecule has 0 saturated carbocycles. The number of carbonyl (C=O) groups is 1. The summed E-state index contributed by atoms with van der Waals surface area (Å²) in [6.45, 7) is 1.94. The third-order valence-electron chi connectivity index (χ3n) is 2.57. The molecule has 0 bridgehead atoms. The smallest absolute Gasteiger partial charge is 0.334 e. The highest BCUT2D eigenvalue weighted by Crippen LogP contribution is 2.20. The Morgan fingerprint density at radius 1 is 1.39 bits per heavy atom. The van der Waals surface area contributed by atoms with E-state index in [-0.39, 0.29) is 6.61 Å². The lowest BCUT2D eigenvalue weighted by Crippen LogP contribution is -2.21. The zero-order valence-corrected chi connectivity index (χ0v) is 10.6. The zero-order valence-electron chi connectivity index (χ0n) is 10.6. The van der Waals surface area contributed by atoms with Crippen LogP contribution in [0.3, 0.4) is 0 Å². The lowest BCUT2D eigenvalue weighted by atomic mass is 10.0. The molecule has 0 aliphatic heterocycles. The molecule has 1 aromatic rings. The Labute approximate surface area is 106 Å². The minimum atomic E-state index is -0.949. The lowest BCUT2D eigenvalue weighted by molar-refractivity contribution is -0.144. The molecule has 0 fully saturated rings. The number of hydrogen-bond donors (Lipinski definition) is 0. The van der Waals surface area contributed by atoms with Crippen LogP contribution in [-0.2, 0) is 16.0 Å². The van der Waals surface area contributed by atoms with Gasteiger partial charge in [-0.1, -0.05) is 23.4 Å². The number of ether oxygens (including phenoxy) is 2. The summed E-state index contributed by atoms with van der Waals surface area (Å²) >= 11 is 0. The fourth-order valence-electron chi connectivity index (χ4n) is 1.65. The van der Waals surface area contributed by atoms with Gasteiger partial charge < -0.3 is 9.47 Å². The predicted octanol–water partition coefficient (Wildman–Crippen LogP) is 2.33. The quantitative estimate of drug-likeness (QED) is 0.551. The van der Waals surface area contributed by atoms with E-state index in [1.807, 2.05) is 24.3 Å². The molecule has 1 unspecified atom stereocenters. The van der Waals surface area contributed by atoms with E-state index in [9.17, 15) is 9.70 Å². The average molecular weight is 251 g/mol. The van der Waals surface area contributed by atoms with E-state index in [1.165, 1.54) is 0 Å². The van der Waals surface area contributed by atoms with Gasteiger partial charge in [0.15, 0.2) is 6.04 Å². The number of nitrogens with zero attached hydrogens (tertiary/aromatic N) is 1. The zero-order chi connectivity index (χ0) is 13.4. The monoisotopic (exact) mass is 251 g/mol. The topological polar surface area (TPSA) is 65.0 Å². The number of hydrogen-bond acceptors (Lipinski definition) is 5. The van der Waals surface area contributed by atoms with Crippen LogP contribution in [0.4, 0.5) is 0 Å². The number of methoxy groups -OCH3 is 1. The molecule has 0 radical (unpaired) electrons. The van der Waals surface area contributed by atoms with Crippen LogP contribution >= 0.6 is 0 Å². The first-order chi connectivity index (χ1) is 8.72.